The predicted molar refractivity (Wildman–Crippen MR) is 63.0 cm³/mol. The number of rotatable bonds is 6. The summed E-state index contributed by atoms with van der Waals surface area (Å²) in [6, 6.07) is 0. The first kappa shape index (κ1) is 24.4. The normalized spacial score (nSPS) is 10.0. The van der Waals surface area contributed by atoms with Gasteiger partial charge in [0.05, 0.1) is 5.97 Å². The van der Waals surface area contributed by atoms with Gasteiger partial charge in [-0.3, -0.25) is 0 Å². The van der Waals surface area contributed by atoms with Gasteiger partial charge in [-0.15, -0.1) is 0 Å². The third-order valence-electron chi connectivity index (χ3n) is 1.59. The Morgan fingerprint density at radius 1 is 1.38 bits per heavy atom. The lowest BCUT2D eigenvalue weighted by atomic mass is 10.2. The molecule has 0 amide bonds. The molecule has 0 spiro atoms. The number of halogens is 1. The molecule has 0 aromatic heterocycles. The number of quaternary nitrogens is 2. The topological polar surface area (TPSA) is 125 Å². The van der Waals surface area contributed by atoms with Crippen LogP contribution in [0.2, 0.25) is 0 Å². The summed E-state index contributed by atoms with van der Waals surface area (Å²) < 4.78 is 0. The molecule has 0 aromatic carbocycles. The summed E-state index contributed by atoms with van der Waals surface area (Å²) >= 11 is 0. The highest BCUT2D eigenvalue weighted by atomic mass is 35.5. The van der Waals surface area contributed by atoms with Crippen LogP contribution in [0.15, 0.2) is 23.8 Å². The van der Waals surface area contributed by atoms with Gasteiger partial charge in [-0.25, -0.2) is 0 Å². The van der Waals surface area contributed by atoms with Crippen molar-refractivity contribution in [3.05, 3.63) is 23.8 Å². The highest BCUT2D eigenvalue weighted by Gasteiger charge is 1.87. The number of carboxylic acid groups (broad SMARTS) is 1. The number of aliphatic carboxylic acids is 1. The molecule has 9 N–H and O–H groups in total. The maximum atomic E-state index is 10.3. The zero-order chi connectivity index (χ0) is 10.1. The minimum atomic E-state index is -1.09. The first-order valence-electron chi connectivity index (χ1n) is 4.38. The van der Waals surface area contributed by atoms with Crippen LogP contribution in [-0.2, 0) is 4.79 Å². The zero-order valence-electron chi connectivity index (χ0n) is 10.5. The number of hydrogen-bond donors (Lipinski definition) is 3. The smallest absolute Gasteiger partial charge is 0.0668 e. The van der Waals surface area contributed by atoms with Gasteiger partial charge in [0.15, 0.2) is 0 Å². The Balaban J connectivity index is -0.000000240. The van der Waals surface area contributed by atoms with Crippen molar-refractivity contribution < 1.29 is 22.3 Å². The summed E-state index contributed by atoms with van der Waals surface area (Å²) in [5, 5.41) is 13.4. The molecule has 0 fully saturated rings. The molecule has 6 heteroatoms. The van der Waals surface area contributed by atoms with Crippen LogP contribution in [-0.4, -0.2) is 19.1 Å². The first-order chi connectivity index (χ1) is 6.18. The van der Waals surface area contributed by atoms with Gasteiger partial charge in [0.25, 0.3) is 0 Å². The van der Waals surface area contributed by atoms with Crippen molar-refractivity contribution >= 4 is 5.97 Å². The number of carbonyl (C=O) groups excluding carboxylic acids is 1. The van der Waals surface area contributed by atoms with E-state index in [1.165, 1.54) is 0 Å². The second kappa shape index (κ2) is 16.5. The van der Waals surface area contributed by atoms with E-state index in [1.807, 2.05) is 19.1 Å². The maximum absolute atomic E-state index is 10.3. The summed E-state index contributed by atoms with van der Waals surface area (Å²) in [4.78, 5) is 10.3. The SMILES string of the molecule is CC=CCNCCC=C(C)C(=O)[O-].[Cl-].[NH4+].[NH4+]. The molecule has 0 bridgehead atoms. The fraction of sp³-hybridized carbons (Fsp3) is 0.500. The molecule has 0 atom stereocenters. The summed E-state index contributed by atoms with van der Waals surface area (Å²) in [6.45, 7) is 5.12. The molecule has 0 heterocycles. The fourth-order valence-electron chi connectivity index (χ4n) is 0.777. The van der Waals surface area contributed by atoms with Gasteiger partial charge < -0.3 is 39.9 Å². The van der Waals surface area contributed by atoms with E-state index in [0.29, 0.717) is 5.57 Å². The Hall–Kier alpha value is -0.880. The molecular weight excluding hydrogens is 230 g/mol. The molecule has 0 unspecified atom stereocenters. The average molecular weight is 254 g/mol. The highest BCUT2D eigenvalue weighted by molar-refractivity contribution is 5.83. The van der Waals surface area contributed by atoms with Crippen molar-refractivity contribution in [1.29, 1.82) is 0 Å². The Kier molecular flexibility index (Phi) is 25.2. The Morgan fingerprint density at radius 3 is 2.38 bits per heavy atom. The molecular formula is C10H24ClN3O2. The van der Waals surface area contributed by atoms with E-state index < -0.39 is 5.97 Å². The van der Waals surface area contributed by atoms with Gasteiger partial charge >= 0.3 is 0 Å². The lowest BCUT2D eigenvalue weighted by Crippen LogP contribution is -3.00. The van der Waals surface area contributed by atoms with Gasteiger partial charge in [0.2, 0.25) is 0 Å². The molecule has 0 saturated heterocycles. The first-order valence-corrected chi connectivity index (χ1v) is 4.38. The van der Waals surface area contributed by atoms with Crippen LogP contribution < -0.4 is 35.1 Å². The van der Waals surface area contributed by atoms with Crippen LogP contribution in [0.3, 0.4) is 0 Å². The molecule has 98 valence electrons. The van der Waals surface area contributed by atoms with Crippen LogP contribution in [0.4, 0.5) is 0 Å². The third-order valence-corrected chi connectivity index (χ3v) is 1.59. The van der Waals surface area contributed by atoms with Gasteiger partial charge in [-0.1, -0.05) is 18.2 Å². The van der Waals surface area contributed by atoms with Crippen molar-refractivity contribution in [2.45, 2.75) is 20.3 Å². The molecule has 5 nitrogen and oxygen atoms in total. The average Bonchev–Trinajstić information content (AvgIpc) is 2.10. The third kappa shape index (κ3) is 15.6. The summed E-state index contributed by atoms with van der Waals surface area (Å²) in [7, 11) is 0. The van der Waals surface area contributed by atoms with Crippen LogP contribution in [0.25, 0.3) is 0 Å². The van der Waals surface area contributed by atoms with Gasteiger partial charge in [0, 0.05) is 6.54 Å². The summed E-state index contributed by atoms with van der Waals surface area (Å²) in [5.74, 6) is -1.09. The standard InChI is InChI=1S/C10H17NO2.ClH.2H3N/c1-3-4-7-11-8-5-6-9(2)10(12)13;;;/h3-4,6,11H,5,7-8H2,1-2H3,(H,12,13);1H;2*1H3. The van der Waals surface area contributed by atoms with E-state index in [0.717, 1.165) is 19.5 Å². The van der Waals surface area contributed by atoms with Gasteiger partial charge in [-0.05, 0) is 32.4 Å². The number of carboxylic acids is 1. The highest BCUT2D eigenvalue weighted by Crippen LogP contribution is 1.91. The quantitative estimate of drug-likeness (QED) is 0.288. The van der Waals surface area contributed by atoms with Crippen LogP contribution >= 0.6 is 0 Å². The fourth-order valence-corrected chi connectivity index (χ4v) is 0.777. The van der Waals surface area contributed by atoms with Crippen LogP contribution in [0.1, 0.15) is 20.3 Å². The van der Waals surface area contributed by atoms with E-state index in [4.69, 9.17) is 0 Å². The molecule has 0 aromatic rings. The second-order valence-corrected chi connectivity index (χ2v) is 2.74. The van der Waals surface area contributed by atoms with Gasteiger partial charge in [-0.2, -0.15) is 0 Å². The number of hydrogen-bond acceptors (Lipinski definition) is 3. The Labute approximate surface area is 104 Å². The van der Waals surface area contributed by atoms with E-state index in [-0.39, 0.29) is 24.7 Å². The molecule has 0 aliphatic rings. The lowest BCUT2D eigenvalue weighted by molar-refractivity contribution is -0.299. The molecule has 0 saturated carbocycles. The second-order valence-electron chi connectivity index (χ2n) is 2.74. The van der Waals surface area contributed by atoms with E-state index in [9.17, 15) is 9.90 Å². The van der Waals surface area contributed by atoms with Crippen molar-refractivity contribution in [2.75, 3.05) is 13.1 Å². The largest absolute Gasteiger partial charge is 1.00 e. The van der Waals surface area contributed by atoms with Crippen molar-refractivity contribution in [3.8, 4) is 0 Å². The van der Waals surface area contributed by atoms with E-state index >= 15 is 0 Å². The summed E-state index contributed by atoms with van der Waals surface area (Å²) in [5.41, 5.74) is 0.299. The van der Waals surface area contributed by atoms with Crippen molar-refractivity contribution in [2.24, 2.45) is 0 Å². The van der Waals surface area contributed by atoms with E-state index in [2.05, 4.69) is 5.32 Å². The molecule has 0 aliphatic carbocycles. The number of allylic oxidation sites excluding steroid dienone is 1. The molecule has 16 heavy (non-hydrogen) atoms. The minimum Gasteiger partial charge on any atom is -1.00 e. The Bertz CT molecular complexity index is 218. The van der Waals surface area contributed by atoms with Crippen LogP contribution in [0, 0.1) is 0 Å². The van der Waals surface area contributed by atoms with Crippen molar-refractivity contribution in [1.82, 2.24) is 17.6 Å². The zero-order valence-corrected chi connectivity index (χ0v) is 11.3. The minimum absolute atomic E-state index is 0. The monoisotopic (exact) mass is 253 g/mol. The van der Waals surface area contributed by atoms with Crippen LogP contribution in [0.5, 0.6) is 0 Å². The van der Waals surface area contributed by atoms with Gasteiger partial charge in [0.1, 0.15) is 0 Å². The van der Waals surface area contributed by atoms with E-state index in [1.54, 1.807) is 13.0 Å². The lowest BCUT2D eigenvalue weighted by Gasteiger charge is -2.01. The number of carbonyl (C=O) groups is 1. The molecule has 0 radical (unpaired) electrons. The molecule has 0 aliphatic heterocycles. The summed E-state index contributed by atoms with van der Waals surface area (Å²) in [6.07, 6.45) is 6.36. The molecule has 0 rings (SSSR count). The predicted octanol–water partition coefficient (Wildman–Crippen LogP) is -2.01. The maximum Gasteiger partial charge on any atom is 0.0668 e. The Morgan fingerprint density at radius 2 is 1.94 bits per heavy atom. The number of nitrogens with one attached hydrogen (secondary N) is 1. The van der Waals surface area contributed by atoms with Crippen molar-refractivity contribution in [3.63, 3.8) is 0 Å².